The van der Waals surface area contributed by atoms with Gasteiger partial charge in [0.1, 0.15) is 29.5 Å². The van der Waals surface area contributed by atoms with Crippen molar-refractivity contribution in [1.82, 2.24) is 23.9 Å². The van der Waals surface area contributed by atoms with E-state index in [9.17, 15) is 15.0 Å². The topological polar surface area (TPSA) is 144 Å². The van der Waals surface area contributed by atoms with Crippen LogP contribution in [0.2, 0.25) is 0 Å². The van der Waals surface area contributed by atoms with Gasteiger partial charge in [-0.25, -0.2) is 15.0 Å². The second-order valence-corrected chi connectivity index (χ2v) is 8.41. The summed E-state index contributed by atoms with van der Waals surface area (Å²) in [7, 11) is 0. The molecule has 5 rings (SSSR count). The molecule has 4 aromatic rings. The van der Waals surface area contributed by atoms with Crippen molar-refractivity contribution in [2.45, 2.75) is 44.4 Å². The summed E-state index contributed by atoms with van der Waals surface area (Å²) in [5.41, 5.74) is 8.41. The lowest BCUT2D eigenvalue weighted by molar-refractivity contribution is -0.114. The van der Waals surface area contributed by atoms with Crippen molar-refractivity contribution in [3.63, 3.8) is 0 Å². The van der Waals surface area contributed by atoms with E-state index in [2.05, 4.69) is 20.3 Å². The predicted molar refractivity (Wildman–Crippen MR) is 119 cm³/mol. The molecule has 5 N–H and O–H groups in total. The van der Waals surface area contributed by atoms with Crippen molar-refractivity contribution in [2.24, 2.45) is 5.92 Å². The lowest BCUT2D eigenvalue weighted by Crippen LogP contribution is -2.29. The number of imidazole rings is 1. The Morgan fingerprint density at radius 3 is 2.91 bits per heavy atom. The van der Waals surface area contributed by atoms with Crippen LogP contribution in [0.1, 0.15) is 31.4 Å². The van der Waals surface area contributed by atoms with Crippen LogP contribution in [0, 0.1) is 5.92 Å². The third kappa shape index (κ3) is 3.57. The summed E-state index contributed by atoms with van der Waals surface area (Å²) in [6.45, 7) is 1.45. The minimum absolute atomic E-state index is 0.0578. The SMILES string of the molecule is CC(=O)Nc1cn2ccc(CC[C@H]3C[C@@H](n4ccc5c(N)ncnc54)[C@H](O)[C@@H]3O)cc2n1. The molecule has 4 heterocycles. The highest BCUT2D eigenvalue weighted by molar-refractivity contribution is 5.88. The monoisotopic (exact) mass is 435 g/mol. The Kier molecular flexibility index (Phi) is 5.03. The van der Waals surface area contributed by atoms with Gasteiger partial charge in [0.15, 0.2) is 5.82 Å². The van der Waals surface area contributed by atoms with Gasteiger partial charge in [0.25, 0.3) is 0 Å². The Morgan fingerprint density at radius 1 is 1.25 bits per heavy atom. The molecule has 4 atom stereocenters. The first-order valence-corrected chi connectivity index (χ1v) is 10.6. The molecular formula is C22H25N7O3. The number of aliphatic hydroxyl groups is 2. The van der Waals surface area contributed by atoms with Crippen molar-refractivity contribution in [1.29, 1.82) is 0 Å². The predicted octanol–water partition coefficient (Wildman–Crippen LogP) is 1.54. The first-order valence-electron chi connectivity index (χ1n) is 10.6. The summed E-state index contributed by atoms with van der Waals surface area (Å²) in [5.74, 6) is 0.684. The van der Waals surface area contributed by atoms with E-state index in [1.807, 2.05) is 39.6 Å². The third-order valence-corrected chi connectivity index (χ3v) is 6.30. The fourth-order valence-corrected chi connectivity index (χ4v) is 4.69. The van der Waals surface area contributed by atoms with Crippen LogP contribution in [-0.4, -0.2) is 52.2 Å². The van der Waals surface area contributed by atoms with E-state index in [-0.39, 0.29) is 17.9 Å². The average Bonchev–Trinajstić information content (AvgIpc) is 3.43. The maximum atomic E-state index is 11.2. The minimum atomic E-state index is -0.887. The molecule has 4 aromatic heterocycles. The normalized spacial score (nSPS) is 23.2. The van der Waals surface area contributed by atoms with Crippen molar-refractivity contribution in [3.8, 4) is 0 Å². The van der Waals surface area contributed by atoms with Gasteiger partial charge in [-0.3, -0.25) is 4.79 Å². The maximum Gasteiger partial charge on any atom is 0.222 e. The smallest absolute Gasteiger partial charge is 0.222 e. The number of nitrogen functional groups attached to an aromatic ring is 1. The Hall–Kier alpha value is -3.50. The number of hydrogen-bond donors (Lipinski definition) is 4. The molecule has 1 saturated carbocycles. The zero-order chi connectivity index (χ0) is 22.4. The molecule has 0 aliphatic heterocycles. The number of nitrogens with zero attached hydrogens (tertiary/aromatic N) is 5. The lowest BCUT2D eigenvalue weighted by atomic mass is 9.96. The molecule has 1 aliphatic carbocycles. The quantitative estimate of drug-likeness (QED) is 0.372. The van der Waals surface area contributed by atoms with Gasteiger partial charge in [0.2, 0.25) is 5.91 Å². The second kappa shape index (κ2) is 7.88. The fraction of sp³-hybridized carbons (Fsp3) is 0.364. The van der Waals surface area contributed by atoms with Gasteiger partial charge in [-0.15, -0.1) is 0 Å². The van der Waals surface area contributed by atoms with Crippen molar-refractivity contribution in [3.05, 3.63) is 48.7 Å². The molecule has 0 spiro atoms. The van der Waals surface area contributed by atoms with Gasteiger partial charge >= 0.3 is 0 Å². The van der Waals surface area contributed by atoms with Gasteiger partial charge in [0.05, 0.1) is 23.7 Å². The molecule has 0 bridgehead atoms. The number of nitrogens with one attached hydrogen (secondary N) is 1. The van der Waals surface area contributed by atoms with Crippen LogP contribution >= 0.6 is 0 Å². The van der Waals surface area contributed by atoms with Crippen LogP contribution in [0.4, 0.5) is 11.6 Å². The molecule has 0 unspecified atom stereocenters. The van der Waals surface area contributed by atoms with E-state index in [1.54, 1.807) is 6.20 Å². The number of aryl methyl sites for hydroxylation is 1. The molecule has 10 nitrogen and oxygen atoms in total. The molecule has 1 amide bonds. The highest BCUT2D eigenvalue weighted by Gasteiger charge is 2.42. The van der Waals surface area contributed by atoms with Crippen molar-refractivity contribution >= 4 is 34.2 Å². The van der Waals surface area contributed by atoms with Crippen LogP contribution < -0.4 is 11.1 Å². The Labute approximate surface area is 183 Å². The molecule has 32 heavy (non-hydrogen) atoms. The van der Waals surface area contributed by atoms with Crippen LogP contribution in [0.15, 0.2) is 43.1 Å². The summed E-state index contributed by atoms with van der Waals surface area (Å²) < 4.78 is 3.74. The summed E-state index contributed by atoms with van der Waals surface area (Å²) in [4.78, 5) is 24.0. The Morgan fingerprint density at radius 2 is 2.09 bits per heavy atom. The molecular weight excluding hydrogens is 410 g/mol. The van der Waals surface area contributed by atoms with E-state index in [0.29, 0.717) is 23.7 Å². The van der Waals surface area contributed by atoms with E-state index in [0.717, 1.165) is 29.4 Å². The van der Waals surface area contributed by atoms with Crippen molar-refractivity contribution < 1.29 is 15.0 Å². The number of hydrogen-bond acceptors (Lipinski definition) is 7. The number of aromatic nitrogens is 5. The number of anilines is 2. The molecule has 1 aliphatic rings. The van der Waals surface area contributed by atoms with E-state index in [4.69, 9.17) is 5.73 Å². The molecule has 0 aromatic carbocycles. The van der Waals surface area contributed by atoms with Gasteiger partial charge in [-0.1, -0.05) is 0 Å². The van der Waals surface area contributed by atoms with Crippen LogP contribution in [0.25, 0.3) is 16.7 Å². The summed E-state index contributed by atoms with van der Waals surface area (Å²) in [5, 5.41) is 24.9. The second-order valence-electron chi connectivity index (χ2n) is 8.41. The van der Waals surface area contributed by atoms with Crippen LogP contribution in [-0.2, 0) is 11.2 Å². The summed E-state index contributed by atoms with van der Waals surface area (Å²) in [6.07, 6.45) is 7.31. The molecule has 10 heteroatoms. The molecule has 166 valence electrons. The van der Waals surface area contributed by atoms with Gasteiger partial charge in [-0.05, 0) is 48.9 Å². The number of fused-ring (bicyclic) bond motifs is 2. The number of amides is 1. The first kappa shape index (κ1) is 20.4. The number of rotatable bonds is 5. The van der Waals surface area contributed by atoms with Gasteiger partial charge in [-0.2, -0.15) is 0 Å². The largest absolute Gasteiger partial charge is 0.390 e. The van der Waals surface area contributed by atoms with Crippen molar-refractivity contribution in [2.75, 3.05) is 11.1 Å². The van der Waals surface area contributed by atoms with Crippen LogP contribution in [0.5, 0.6) is 0 Å². The van der Waals surface area contributed by atoms with E-state index >= 15 is 0 Å². The highest BCUT2D eigenvalue weighted by Crippen LogP contribution is 2.39. The third-order valence-electron chi connectivity index (χ3n) is 6.30. The number of nitrogens with two attached hydrogens (primary N) is 1. The standard InChI is InChI=1S/C22H25N7O3/c1-12(30)26-17-10-28-6-4-13(8-18(28)27-17)2-3-14-9-16(20(32)19(14)31)29-7-5-15-21(23)24-11-25-22(15)29/h4-8,10-11,14,16,19-20,31-32H,2-3,9H2,1H3,(H,26,30)(H2,23,24,25)/t14-,16+,19+,20-/m0/s1. The zero-order valence-corrected chi connectivity index (χ0v) is 17.6. The lowest BCUT2D eigenvalue weighted by Gasteiger charge is -2.19. The minimum Gasteiger partial charge on any atom is -0.390 e. The van der Waals surface area contributed by atoms with E-state index < -0.39 is 12.2 Å². The number of carbonyl (C=O) groups excluding carboxylic acids is 1. The molecule has 0 radical (unpaired) electrons. The maximum absolute atomic E-state index is 11.2. The average molecular weight is 435 g/mol. The van der Waals surface area contributed by atoms with Gasteiger partial charge in [0, 0.05) is 19.3 Å². The molecule has 0 saturated heterocycles. The van der Waals surface area contributed by atoms with E-state index in [1.165, 1.54) is 13.3 Å². The zero-order valence-electron chi connectivity index (χ0n) is 17.6. The highest BCUT2D eigenvalue weighted by atomic mass is 16.3. The number of pyridine rings is 1. The Bertz CT molecular complexity index is 1300. The first-order chi connectivity index (χ1) is 15.4. The summed E-state index contributed by atoms with van der Waals surface area (Å²) in [6, 6.07) is 5.53. The number of carbonyl (C=O) groups is 1. The summed E-state index contributed by atoms with van der Waals surface area (Å²) >= 11 is 0. The Balaban J connectivity index is 1.30. The molecule has 1 fully saturated rings. The van der Waals surface area contributed by atoms with Crippen LogP contribution in [0.3, 0.4) is 0 Å². The number of aliphatic hydroxyl groups excluding tert-OH is 2. The van der Waals surface area contributed by atoms with Gasteiger partial charge < -0.3 is 30.2 Å². The fourth-order valence-electron chi connectivity index (χ4n) is 4.69.